The number of allylic oxidation sites excluding steroid dienone is 1. The number of azo groups is 1. The predicted octanol–water partition coefficient (Wildman–Crippen LogP) is 5.50. The first-order chi connectivity index (χ1) is 15.9. The number of hydrogen-bond donors (Lipinski definition) is 2. The molecule has 4 aromatic rings. The molecule has 0 atom stereocenters. The molecule has 0 saturated heterocycles. The zero-order chi connectivity index (χ0) is 23.4. The average molecular weight is 479 g/mol. The first kappa shape index (κ1) is 25.3. The molecule has 0 aromatic heterocycles. The molecule has 0 unspecified atom stereocenters. The molecular formula is C25H19N4NaO3S. The summed E-state index contributed by atoms with van der Waals surface area (Å²) in [6.45, 7) is 0. The van der Waals surface area contributed by atoms with E-state index in [0.717, 1.165) is 11.1 Å². The van der Waals surface area contributed by atoms with Crippen LogP contribution < -0.4 is 5.73 Å². The zero-order valence-electron chi connectivity index (χ0n) is 17.3. The molecule has 0 amide bonds. The minimum atomic E-state index is -4.48. The van der Waals surface area contributed by atoms with Gasteiger partial charge in [-0.05, 0) is 35.4 Å². The second kappa shape index (κ2) is 10.7. The van der Waals surface area contributed by atoms with Gasteiger partial charge in [-0.3, -0.25) is 4.55 Å². The molecule has 0 heterocycles. The Balaban J connectivity index is 0.00000324. The van der Waals surface area contributed by atoms with E-state index in [0.29, 0.717) is 22.0 Å². The summed E-state index contributed by atoms with van der Waals surface area (Å²) < 4.78 is 33.3. The summed E-state index contributed by atoms with van der Waals surface area (Å²) in [5, 5.41) is 18.5. The first-order valence-corrected chi connectivity index (χ1v) is 11.3. The number of nitrogens with zero attached hydrogens (tertiary/aromatic N) is 3. The third-order valence-corrected chi connectivity index (χ3v) is 5.88. The van der Waals surface area contributed by atoms with E-state index in [1.807, 2.05) is 30.3 Å². The van der Waals surface area contributed by atoms with Crippen LogP contribution in [0, 0.1) is 11.3 Å². The van der Waals surface area contributed by atoms with E-state index in [4.69, 9.17) is 5.73 Å². The van der Waals surface area contributed by atoms with Crippen LogP contribution in [0.3, 0.4) is 0 Å². The van der Waals surface area contributed by atoms with Gasteiger partial charge in [-0.25, -0.2) is 0 Å². The number of benzene rings is 4. The van der Waals surface area contributed by atoms with E-state index < -0.39 is 10.1 Å². The van der Waals surface area contributed by atoms with Crippen LogP contribution in [-0.4, -0.2) is 42.5 Å². The Hall–Kier alpha value is -3.32. The van der Waals surface area contributed by atoms with E-state index in [1.54, 1.807) is 54.6 Å². The molecule has 7 nitrogen and oxygen atoms in total. The molecule has 4 rings (SSSR count). The van der Waals surface area contributed by atoms with Gasteiger partial charge in [-0.1, -0.05) is 66.7 Å². The molecule has 0 bridgehead atoms. The normalized spacial score (nSPS) is 11.8. The Morgan fingerprint density at radius 1 is 0.912 bits per heavy atom. The molecule has 0 spiro atoms. The van der Waals surface area contributed by atoms with Gasteiger partial charge in [0.25, 0.3) is 10.1 Å². The molecular weight excluding hydrogens is 459 g/mol. The number of hydrogen-bond acceptors (Lipinski definition) is 6. The molecule has 34 heavy (non-hydrogen) atoms. The summed E-state index contributed by atoms with van der Waals surface area (Å²) in [6.07, 6.45) is 1.77. The van der Waals surface area contributed by atoms with Crippen molar-refractivity contribution in [2.45, 2.75) is 4.90 Å². The van der Waals surface area contributed by atoms with Crippen LogP contribution in [0.25, 0.3) is 22.4 Å². The molecule has 3 N–H and O–H groups in total. The Morgan fingerprint density at radius 2 is 1.53 bits per heavy atom. The van der Waals surface area contributed by atoms with Crippen LogP contribution in [-0.2, 0) is 10.1 Å². The van der Waals surface area contributed by atoms with Crippen molar-refractivity contribution in [3.63, 3.8) is 0 Å². The molecule has 0 saturated carbocycles. The first-order valence-electron chi connectivity index (χ1n) is 9.84. The van der Waals surface area contributed by atoms with Crippen molar-refractivity contribution in [1.29, 1.82) is 5.26 Å². The van der Waals surface area contributed by atoms with Crippen molar-refractivity contribution in [3.05, 3.63) is 96.1 Å². The van der Waals surface area contributed by atoms with Crippen molar-refractivity contribution < 1.29 is 13.0 Å². The molecule has 0 aliphatic heterocycles. The second-order valence-electron chi connectivity index (χ2n) is 7.16. The molecule has 9 heteroatoms. The van der Waals surface area contributed by atoms with Gasteiger partial charge in [0, 0.05) is 10.8 Å². The van der Waals surface area contributed by atoms with Gasteiger partial charge >= 0.3 is 29.6 Å². The standard InChI is InChI=1S/C25H18N4O3S.Na.H/c26-16-19(18-6-2-1-3-7-18)14-17-10-12-20(13-11-17)28-29-23-15-24(33(30,31)32)21-8-4-5-9-22(21)25(23)27;;/h1-15H,27H2,(H,30,31,32);;/b19-14+,29-28+;;. The third-order valence-electron chi connectivity index (χ3n) is 4.99. The molecule has 4 aromatic carbocycles. The van der Waals surface area contributed by atoms with Gasteiger partial charge in [0.1, 0.15) is 10.6 Å². The number of rotatable bonds is 5. The second-order valence-corrected chi connectivity index (χ2v) is 8.55. The topological polar surface area (TPSA) is 129 Å². The van der Waals surface area contributed by atoms with Gasteiger partial charge in [0.2, 0.25) is 0 Å². The predicted molar refractivity (Wildman–Crippen MR) is 136 cm³/mol. The SMILES string of the molecule is N#C/C(=C\c1ccc(/N=N/c2cc(S(=O)(=O)O)c3ccccc3c2N)cc1)c1ccccc1.[NaH]. The summed E-state index contributed by atoms with van der Waals surface area (Å²) in [6, 6.07) is 26.4. The van der Waals surface area contributed by atoms with E-state index in [2.05, 4.69) is 16.3 Å². The fourth-order valence-corrected chi connectivity index (χ4v) is 4.08. The number of anilines is 1. The van der Waals surface area contributed by atoms with E-state index >= 15 is 0 Å². The number of nitrogens with two attached hydrogens (primary N) is 1. The molecule has 0 fully saturated rings. The quantitative estimate of drug-likeness (QED) is 0.0977. The van der Waals surface area contributed by atoms with Gasteiger partial charge in [0.05, 0.1) is 23.0 Å². The monoisotopic (exact) mass is 478 g/mol. The number of nitrogen functional groups attached to an aromatic ring is 1. The zero-order valence-corrected chi connectivity index (χ0v) is 18.1. The summed E-state index contributed by atoms with van der Waals surface area (Å²) >= 11 is 0. The average Bonchev–Trinajstić information content (AvgIpc) is 2.83. The number of fused-ring (bicyclic) bond motifs is 1. The molecule has 0 aliphatic carbocycles. The van der Waals surface area contributed by atoms with Crippen LogP contribution >= 0.6 is 0 Å². The fraction of sp³-hybridized carbons (Fsp3) is 0. The van der Waals surface area contributed by atoms with Crippen LogP contribution in [0.5, 0.6) is 0 Å². The van der Waals surface area contributed by atoms with Crippen molar-refractivity contribution in [2.75, 3.05) is 5.73 Å². The van der Waals surface area contributed by atoms with E-state index in [1.165, 1.54) is 6.07 Å². The maximum absolute atomic E-state index is 11.9. The Labute approximate surface area is 219 Å². The van der Waals surface area contributed by atoms with Crippen molar-refractivity contribution in [2.24, 2.45) is 10.2 Å². The summed E-state index contributed by atoms with van der Waals surface area (Å²) in [5.41, 5.74) is 9.23. The Kier molecular flexibility index (Phi) is 7.99. The minimum absolute atomic E-state index is 0. The summed E-state index contributed by atoms with van der Waals surface area (Å²) in [4.78, 5) is -0.285. The van der Waals surface area contributed by atoms with Gasteiger partial charge in [-0.2, -0.15) is 18.8 Å². The third kappa shape index (κ3) is 5.59. The number of nitriles is 1. The Morgan fingerprint density at radius 3 is 2.15 bits per heavy atom. The van der Waals surface area contributed by atoms with Crippen LogP contribution in [0.15, 0.2) is 100 Å². The van der Waals surface area contributed by atoms with Crippen molar-refractivity contribution in [1.82, 2.24) is 0 Å². The molecule has 0 radical (unpaired) electrons. The van der Waals surface area contributed by atoms with Crippen LogP contribution in [0.1, 0.15) is 11.1 Å². The van der Waals surface area contributed by atoms with E-state index in [9.17, 15) is 18.2 Å². The van der Waals surface area contributed by atoms with Crippen molar-refractivity contribution in [3.8, 4) is 6.07 Å². The fourth-order valence-electron chi connectivity index (χ4n) is 3.36. The van der Waals surface area contributed by atoms with Crippen molar-refractivity contribution >= 4 is 79.2 Å². The maximum atomic E-state index is 11.9. The van der Waals surface area contributed by atoms with Crippen LogP contribution in [0.2, 0.25) is 0 Å². The molecule has 0 aliphatic rings. The van der Waals surface area contributed by atoms with Gasteiger partial charge < -0.3 is 5.73 Å². The summed E-state index contributed by atoms with van der Waals surface area (Å²) in [7, 11) is -4.48. The summed E-state index contributed by atoms with van der Waals surface area (Å²) in [5.74, 6) is 0. The molecule has 164 valence electrons. The van der Waals surface area contributed by atoms with Gasteiger partial charge in [-0.15, -0.1) is 5.11 Å². The Bertz CT molecular complexity index is 1540. The van der Waals surface area contributed by atoms with Crippen LogP contribution in [0.4, 0.5) is 17.1 Å². The van der Waals surface area contributed by atoms with E-state index in [-0.39, 0.29) is 45.8 Å². The van der Waals surface area contributed by atoms with Gasteiger partial charge in [0.15, 0.2) is 0 Å².